The van der Waals surface area contributed by atoms with Gasteiger partial charge in [-0.1, -0.05) is 0 Å². The second-order valence-electron chi connectivity index (χ2n) is 3.23. The topological polar surface area (TPSA) is 38.7 Å². The van der Waals surface area contributed by atoms with Crippen LogP contribution in [0.15, 0.2) is 0 Å². The number of rotatable bonds is 4. The minimum Gasteiger partial charge on any atom is -0.324 e. The van der Waals surface area contributed by atoms with E-state index in [1.165, 1.54) is 0 Å². The first-order valence-electron chi connectivity index (χ1n) is 3.56. The summed E-state index contributed by atoms with van der Waals surface area (Å²) in [7, 11) is 0. The summed E-state index contributed by atoms with van der Waals surface area (Å²) in [4.78, 5) is 9.43. The Hall–Kier alpha value is 0.880. The van der Waals surface area contributed by atoms with Crippen molar-refractivity contribution < 1.29 is 13.9 Å². The van der Waals surface area contributed by atoms with Crippen molar-refractivity contribution in [3.63, 3.8) is 0 Å². The van der Waals surface area contributed by atoms with E-state index < -0.39 is 12.3 Å². The Bertz CT molecular complexity index is 178. The fourth-order valence-electron chi connectivity index (χ4n) is 0.529. The molecule has 1 atom stereocenters. The van der Waals surface area contributed by atoms with Gasteiger partial charge in [0.25, 0.3) is 0 Å². The van der Waals surface area contributed by atoms with Gasteiger partial charge in [-0.3, -0.25) is 0 Å². The summed E-state index contributed by atoms with van der Waals surface area (Å²) < 4.78 is 10.1. The molecule has 0 fully saturated rings. The molecule has 0 amide bonds. The van der Waals surface area contributed by atoms with E-state index in [1.54, 1.807) is 0 Å². The SMILES string of the molecule is CC(C)(C)OP(O)(=S)OCCS. The number of hydrogen-bond donors (Lipinski definition) is 2. The molecule has 1 unspecified atom stereocenters. The molecule has 0 aliphatic carbocycles. The van der Waals surface area contributed by atoms with Crippen LogP contribution in [0.4, 0.5) is 0 Å². The predicted molar refractivity (Wildman–Crippen MR) is 57.1 cm³/mol. The van der Waals surface area contributed by atoms with E-state index in [0.717, 1.165) is 0 Å². The number of hydrogen-bond acceptors (Lipinski definition) is 4. The largest absolute Gasteiger partial charge is 0.325 e. The van der Waals surface area contributed by atoms with Crippen LogP contribution in [0.3, 0.4) is 0 Å². The van der Waals surface area contributed by atoms with E-state index in [9.17, 15) is 4.89 Å². The highest BCUT2D eigenvalue weighted by molar-refractivity contribution is 8.07. The first-order chi connectivity index (χ1) is 5.27. The molecule has 0 aliphatic heterocycles. The zero-order chi connectivity index (χ0) is 9.83. The number of thiol groups is 1. The van der Waals surface area contributed by atoms with Crippen LogP contribution in [0, 0.1) is 0 Å². The summed E-state index contributed by atoms with van der Waals surface area (Å²) in [6, 6.07) is 0. The van der Waals surface area contributed by atoms with Crippen LogP contribution in [0.25, 0.3) is 0 Å². The molecule has 0 bridgehead atoms. The predicted octanol–water partition coefficient (Wildman–Crippen LogP) is 1.96. The lowest BCUT2D eigenvalue weighted by Gasteiger charge is -2.25. The quantitative estimate of drug-likeness (QED) is 0.572. The average Bonchev–Trinajstić information content (AvgIpc) is 1.78. The highest BCUT2D eigenvalue weighted by Gasteiger charge is 2.23. The van der Waals surface area contributed by atoms with Crippen molar-refractivity contribution >= 4 is 31.2 Å². The van der Waals surface area contributed by atoms with Gasteiger partial charge in [-0.05, 0) is 32.6 Å². The van der Waals surface area contributed by atoms with Crippen LogP contribution < -0.4 is 0 Å². The smallest absolute Gasteiger partial charge is 0.324 e. The van der Waals surface area contributed by atoms with Gasteiger partial charge in [0.15, 0.2) is 0 Å². The van der Waals surface area contributed by atoms with E-state index in [2.05, 4.69) is 12.6 Å². The fraction of sp³-hybridized carbons (Fsp3) is 1.00. The van der Waals surface area contributed by atoms with Gasteiger partial charge in [-0.15, -0.1) is 0 Å². The van der Waals surface area contributed by atoms with Crippen LogP contribution in [-0.4, -0.2) is 22.9 Å². The highest BCUT2D eigenvalue weighted by Crippen LogP contribution is 2.47. The molecule has 0 spiro atoms. The van der Waals surface area contributed by atoms with E-state index >= 15 is 0 Å². The van der Waals surface area contributed by atoms with E-state index in [0.29, 0.717) is 12.4 Å². The van der Waals surface area contributed by atoms with Crippen LogP contribution in [0.1, 0.15) is 20.8 Å². The minimum absolute atomic E-state index is 0.312. The van der Waals surface area contributed by atoms with Crippen molar-refractivity contribution in [2.45, 2.75) is 26.4 Å². The van der Waals surface area contributed by atoms with Gasteiger partial charge in [0, 0.05) is 5.75 Å². The molecule has 0 aromatic heterocycles. The van der Waals surface area contributed by atoms with Crippen LogP contribution in [-0.2, 0) is 20.9 Å². The molecule has 6 heteroatoms. The molecule has 1 N–H and O–H groups in total. The Morgan fingerprint density at radius 1 is 1.50 bits per heavy atom. The highest BCUT2D eigenvalue weighted by atomic mass is 32.5. The maximum Gasteiger partial charge on any atom is 0.325 e. The molecule has 3 nitrogen and oxygen atoms in total. The molecule has 0 aromatic carbocycles. The van der Waals surface area contributed by atoms with Gasteiger partial charge in [-0.2, -0.15) is 12.6 Å². The van der Waals surface area contributed by atoms with E-state index in [4.69, 9.17) is 20.9 Å². The van der Waals surface area contributed by atoms with Crippen molar-refractivity contribution in [1.29, 1.82) is 0 Å². The Labute approximate surface area is 84.1 Å². The zero-order valence-corrected chi connectivity index (χ0v) is 10.1. The molecule has 0 heterocycles. The minimum atomic E-state index is -3.05. The van der Waals surface area contributed by atoms with Crippen molar-refractivity contribution in [1.82, 2.24) is 0 Å². The van der Waals surface area contributed by atoms with Gasteiger partial charge in [0.2, 0.25) is 0 Å². The monoisotopic (exact) mass is 230 g/mol. The molecule has 0 saturated heterocycles. The summed E-state index contributed by atoms with van der Waals surface area (Å²) in [5.74, 6) is 0.520. The van der Waals surface area contributed by atoms with Gasteiger partial charge in [0.1, 0.15) is 0 Å². The second-order valence-corrected chi connectivity index (χ2v) is 6.44. The summed E-state index contributed by atoms with van der Waals surface area (Å²) in [5, 5.41) is 0. The second kappa shape index (κ2) is 4.94. The van der Waals surface area contributed by atoms with E-state index in [-0.39, 0.29) is 0 Å². The molecule has 0 radical (unpaired) electrons. The lowest BCUT2D eigenvalue weighted by molar-refractivity contribution is 0.0925. The zero-order valence-electron chi connectivity index (χ0n) is 7.48. The Balaban J connectivity index is 3.96. The molecule has 0 saturated carbocycles. The maximum absolute atomic E-state index is 9.43. The fourth-order valence-corrected chi connectivity index (χ4v) is 2.73. The Morgan fingerprint density at radius 2 is 2.00 bits per heavy atom. The maximum atomic E-state index is 9.43. The molecule has 0 aliphatic rings. The van der Waals surface area contributed by atoms with Crippen molar-refractivity contribution in [3.8, 4) is 0 Å². The summed E-state index contributed by atoms with van der Waals surface area (Å²) >= 11 is 8.67. The standard InChI is InChI=1S/C6H15O3PS2/c1-6(2,3)9-10(7,12)8-4-5-11/h11H,4-5H2,1-3H3,(H,7,12). The van der Waals surface area contributed by atoms with E-state index in [1.807, 2.05) is 20.8 Å². The molecular formula is C6H15O3PS2. The average molecular weight is 230 g/mol. The first-order valence-corrected chi connectivity index (χ1v) is 6.78. The van der Waals surface area contributed by atoms with Crippen molar-refractivity contribution in [2.24, 2.45) is 0 Å². The molecule has 0 aromatic rings. The van der Waals surface area contributed by atoms with Gasteiger partial charge in [0.05, 0.1) is 12.2 Å². The molecular weight excluding hydrogens is 215 g/mol. The molecule has 74 valence electrons. The lowest BCUT2D eigenvalue weighted by atomic mass is 10.2. The van der Waals surface area contributed by atoms with Crippen LogP contribution in [0.5, 0.6) is 0 Å². The van der Waals surface area contributed by atoms with Crippen LogP contribution in [0.2, 0.25) is 0 Å². The first kappa shape index (κ1) is 12.9. The molecule has 12 heavy (non-hydrogen) atoms. The van der Waals surface area contributed by atoms with Crippen molar-refractivity contribution in [2.75, 3.05) is 12.4 Å². The summed E-state index contributed by atoms with van der Waals surface area (Å²) in [6.07, 6.45) is 0. The third kappa shape index (κ3) is 7.53. The van der Waals surface area contributed by atoms with Crippen molar-refractivity contribution in [3.05, 3.63) is 0 Å². The third-order valence-corrected chi connectivity index (χ3v) is 2.74. The lowest BCUT2D eigenvalue weighted by Crippen LogP contribution is -2.18. The summed E-state index contributed by atoms with van der Waals surface area (Å²) in [5.41, 5.74) is -0.471. The molecule has 0 rings (SSSR count). The van der Waals surface area contributed by atoms with Gasteiger partial charge in [-0.25, -0.2) is 0 Å². The normalized spacial score (nSPS) is 17.4. The Morgan fingerprint density at radius 3 is 2.33 bits per heavy atom. The van der Waals surface area contributed by atoms with Gasteiger partial charge < -0.3 is 13.9 Å². The Kier molecular flexibility index (Phi) is 5.30. The van der Waals surface area contributed by atoms with Gasteiger partial charge >= 0.3 is 6.72 Å². The third-order valence-electron chi connectivity index (χ3n) is 0.735. The summed E-state index contributed by atoms with van der Waals surface area (Å²) in [6.45, 7) is 2.71. The van der Waals surface area contributed by atoms with Crippen LogP contribution >= 0.6 is 19.3 Å².